The quantitative estimate of drug-likeness (QED) is 0.259. The van der Waals surface area contributed by atoms with E-state index in [9.17, 15) is 10.1 Å². The number of rotatable bonds is 4. The lowest BCUT2D eigenvalue weighted by molar-refractivity contribution is -0.384. The normalized spacial score (nSPS) is 15.1. The van der Waals surface area contributed by atoms with Gasteiger partial charge in [-0.3, -0.25) is 10.1 Å². The molecule has 1 aliphatic heterocycles. The number of hydrogen-bond donors (Lipinski definition) is 1. The maximum Gasteiger partial charge on any atom is 0.270 e. The second-order valence-corrected chi connectivity index (χ2v) is 4.53. The number of benzene rings is 1. The van der Waals surface area contributed by atoms with E-state index in [4.69, 9.17) is 15.2 Å². The van der Waals surface area contributed by atoms with E-state index in [1.165, 1.54) is 19.2 Å². The fourth-order valence-corrected chi connectivity index (χ4v) is 2.06. The molecule has 8 nitrogen and oxygen atoms in total. The van der Waals surface area contributed by atoms with Crippen molar-refractivity contribution in [3.63, 3.8) is 0 Å². The summed E-state index contributed by atoms with van der Waals surface area (Å²) in [5.41, 5.74) is 6.56. The average molecular weight is 422 g/mol. The number of non-ortho nitro benzene ring substituents is 1. The highest BCUT2D eigenvalue weighted by atomic mass is 127. The van der Waals surface area contributed by atoms with Crippen LogP contribution in [-0.4, -0.2) is 49.2 Å². The SMILES string of the molecule is COc1ccc([N+](=O)[O-])cc1CN=C(N)N1CCOCC1.I. The van der Waals surface area contributed by atoms with E-state index >= 15 is 0 Å². The molecule has 1 aromatic carbocycles. The maximum absolute atomic E-state index is 10.8. The van der Waals surface area contributed by atoms with Crippen LogP contribution in [0.4, 0.5) is 5.69 Å². The number of nitro groups is 1. The number of morpholine rings is 1. The molecular formula is C13H19IN4O4. The minimum absolute atomic E-state index is 0. The second-order valence-electron chi connectivity index (χ2n) is 4.53. The van der Waals surface area contributed by atoms with Crippen molar-refractivity contribution < 1.29 is 14.4 Å². The Labute approximate surface area is 145 Å². The van der Waals surface area contributed by atoms with E-state index in [-0.39, 0.29) is 36.2 Å². The van der Waals surface area contributed by atoms with Gasteiger partial charge in [-0.25, -0.2) is 4.99 Å². The molecule has 0 radical (unpaired) electrons. The van der Waals surface area contributed by atoms with E-state index < -0.39 is 4.92 Å². The first kappa shape index (κ1) is 18.4. The van der Waals surface area contributed by atoms with Crippen LogP contribution >= 0.6 is 24.0 Å². The number of guanidine groups is 1. The van der Waals surface area contributed by atoms with Gasteiger partial charge in [0.2, 0.25) is 0 Å². The van der Waals surface area contributed by atoms with Crippen molar-refractivity contribution in [1.82, 2.24) is 4.90 Å². The summed E-state index contributed by atoms with van der Waals surface area (Å²) >= 11 is 0. The van der Waals surface area contributed by atoms with Gasteiger partial charge in [0, 0.05) is 30.8 Å². The molecule has 2 N–H and O–H groups in total. The summed E-state index contributed by atoms with van der Waals surface area (Å²) in [5.74, 6) is 0.964. The Balaban J connectivity index is 0.00000242. The van der Waals surface area contributed by atoms with E-state index in [0.29, 0.717) is 43.6 Å². The number of nitrogens with zero attached hydrogens (tertiary/aromatic N) is 3. The van der Waals surface area contributed by atoms with Crippen LogP contribution < -0.4 is 10.5 Å². The summed E-state index contributed by atoms with van der Waals surface area (Å²) in [5, 5.41) is 10.8. The van der Waals surface area contributed by atoms with Crippen LogP contribution in [0, 0.1) is 10.1 Å². The smallest absolute Gasteiger partial charge is 0.270 e. The molecule has 1 saturated heterocycles. The Morgan fingerprint density at radius 1 is 1.50 bits per heavy atom. The zero-order chi connectivity index (χ0) is 15.2. The van der Waals surface area contributed by atoms with Crippen LogP contribution in [0.3, 0.4) is 0 Å². The third kappa shape index (κ3) is 4.70. The van der Waals surface area contributed by atoms with Gasteiger partial charge in [-0.2, -0.15) is 0 Å². The molecule has 2 rings (SSSR count). The second kappa shape index (κ2) is 8.73. The summed E-state index contributed by atoms with van der Waals surface area (Å²) in [6.07, 6.45) is 0. The minimum atomic E-state index is -0.446. The van der Waals surface area contributed by atoms with E-state index in [0.717, 1.165) is 0 Å². The third-order valence-electron chi connectivity index (χ3n) is 3.22. The topological polar surface area (TPSA) is 103 Å². The molecule has 22 heavy (non-hydrogen) atoms. The number of ether oxygens (including phenoxy) is 2. The molecule has 0 saturated carbocycles. The first-order valence-corrected chi connectivity index (χ1v) is 6.55. The fraction of sp³-hybridized carbons (Fsp3) is 0.462. The lowest BCUT2D eigenvalue weighted by atomic mass is 10.2. The lowest BCUT2D eigenvalue weighted by Crippen LogP contribution is -2.44. The van der Waals surface area contributed by atoms with Crippen LogP contribution in [0.15, 0.2) is 23.2 Å². The van der Waals surface area contributed by atoms with Crippen LogP contribution in [0.1, 0.15) is 5.56 Å². The van der Waals surface area contributed by atoms with E-state index in [1.807, 2.05) is 4.90 Å². The fourth-order valence-electron chi connectivity index (χ4n) is 2.06. The highest BCUT2D eigenvalue weighted by Crippen LogP contribution is 2.24. The van der Waals surface area contributed by atoms with Crippen LogP contribution in [0.5, 0.6) is 5.75 Å². The first-order valence-electron chi connectivity index (χ1n) is 6.55. The van der Waals surface area contributed by atoms with Crippen molar-refractivity contribution in [3.8, 4) is 5.75 Å². The molecule has 1 heterocycles. The summed E-state index contributed by atoms with van der Waals surface area (Å²) in [6, 6.07) is 4.42. The highest BCUT2D eigenvalue weighted by molar-refractivity contribution is 14.0. The number of nitrogens with two attached hydrogens (primary N) is 1. The average Bonchev–Trinajstić information content (AvgIpc) is 2.53. The molecule has 1 aromatic rings. The van der Waals surface area contributed by atoms with Gasteiger partial charge in [0.25, 0.3) is 5.69 Å². The third-order valence-corrected chi connectivity index (χ3v) is 3.22. The molecule has 0 bridgehead atoms. The molecular weight excluding hydrogens is 403 g/mol. The predicted molar refractivity (Wildman–Crippen MR) is 92.8 cm³/mol. The number of hydrogen-bond acceptors (Lipinski definition) is 5. The van der Waals surface area contributed by atoms with Gasteiger partial charge in [-0.15, -0.1) is 24.0 Å². The van der Waals surface area contributed by atoms with Crippen LogP contribution in [-0.2, 0) is 11.3 Å². The molecule has 1 fully saturated rings. The van der Waals surface area contributed by atoms with Crippen molar-refractivity contribution in [2.75, 3.05) is 33.4 Å². The van der Waals surface area contributed by atoms with Crippen LogP contribution in [0.2, 0.25) is 0 Å². The Bertz CT molecular complexity index is 547. The van der Waals surface area contributed by atoms with Gasteiger partial charge in [0.1, 0.15) is 5.75 Å². The van der Waals surface area contributed by atoms with Gasteiger partial charge in [-0.1, -0.05) is 0 Å². The van der Waals surface area contributed by atoms with Gasteiger partial charge < -0.3 is 20.1 Å². The molecule has 0 atom stereocenters. The Hall–Kier alpha value is -1.62. The number of aliphatic imine (C=N–C) groups is 1. The molecule has 0 unspecified atom stereocenters. The number of nitro benzene ring substituents is 1. The zero-order valence-electron chi connectivity index (χ0n) is 12.2. The molecule has 1 aliphatic rings. The van der Waals surface area contributed by atoms with E-state index in [1.54, 1.807) is 6.07 Å². The zero-order valence-corrected chi connectivity index (χ0v) is 14.6. The summed E-state index contributed by atoms with van der Waals surface area (Å²) < 4.78 is 10.4. The molecule has 0 aromatic heterocycles. The largest absolute Gasteiger partial charge is 0.496 e. The minimum Gasteiger partial charge on any atom is -0.496 e. The van der Waals surface area contributed by atoms with Gasteiger partial charge in [0.05, 0.1) is 31.8 Å². The summed E-state index contributed by atoms with van der Waals surface area (Å²) in [4.78, 5) is 16.6. The predicted octanol–water partition coefficient (Wildman–Crippen LogP) is 1.37. The summed E-state index contributed by atoms with van der Waals surface area (Å²) in [6.45, 7) is 2.86. The monoisotopic (exact) mass is 422 g/mol. The molecule has 122 valence electrons. The maximum atomic E-state index is 10.8. The van der Waals surface area contributed by atoms with Gasteiger partial charge in [0.15, 0.2) is 5.96 Å². The highest BCUT2D eigenvalue weighted by Gasteiger charge is 2.14. The number of methoxy groups -OCH3 is 1. The van der Waals surface area contributed by atoms with Crippen molar-refractivity contribution in [2.24, 2.45) is 10.7 Å². The molecule has 0 amide bonds. The van der Waals surface area contributed by atoms with Gasteiger partial charge in [-0.05, 0) is 6.07 Å². The van der Waals surface area contributed by atoms with Gasteiger partial charge >= 0.3 is 0 Å². The molecule has 0 aliphatic carbocycles. The van der Waals surface area contributed by atoms with Crippen molar-refractivity contribution in [2.45, 2.75) is 6.54 Å². The van der Waals surface area contributed by atoms with Crippen molar-refractivity contribution >= 4 is 35.6 Å². The van der Waals surface area contributed by atoms with Crippen molar-refractivity contribution in [1.29, 1.82) is 0 Å². The number of halogens is 1. The Morgan fingerprint density at radius 2 is 2.18 bits per heavy atom. The standard InChI is InChI=1S/C13H18N4O4.HI/c1-20-12-3-2-11(17(18)19)8-10(12)9-15-13(14)16-4-6-21-7-5-16;/h2-3,8H,4-7,9H2,1H3,(H2,14,15);1H. The van der Waals surface area contributed by atoms with Crippen molar-refractivity contribution in [3.05, 3.63) is 33.9 Å². The van der Waals surface area contributed by atoms with Crippen LogP contribution in [0.25, 0.3) is 0 Å². The Kier molecular flexibility index (Phi) is 7.32. The molecule has 9 heteroatoms. The lowest BCUT2D eigenvalue weighted by Gasteiger charge is -2.27. The molecule has 0 spiro atoms. The van der Waals surface area contributed by atoms with E-state index in [2.05, 4.69) is 4.99 Å². The first-order chi connectivity index (χ1) is 10.1. The summed E-state index contributed by atoms with van der Waals surface area (Å²) in [7, 11) is 1.51. The Morgan fingerprint density at radius 3 is 2.77 bits per heavy atom.